The molecule has 4 heteroatoms. The SMILES string of the molecule is CC12CCC3C(CCC4CC5(CCC43C)OCCO5)C1CC(O)C2=O. The minimum atomic E-state index is -0.714. The number of carbonyl (C=O) groups excluding carboxylic acids is 1. The highest BCUT2D eigenvalue weighted by Crippen LogP contribution is 2.66. The van der Waals surface area contributed by atoms with Crippen LogP contribution in [-0.4, -0.2) is 36.0 Å². The van der Waals surface area contributed by atoms with Gasteiger partial charge in [0.2, 0.25) is 0 Å². The Balaban J connectivity index is 1.42. The van der Waals surface area contributed by atoms with Crippen LogP contribution in [0.15, 0.2) is 0 Å². The van der Waals surface area contributed by atoms with Gasteiger partial charge in [-0.05, 0) is 67.6 Å². The lowest BCUT2D eigenvalue weighted by atomic mass is 9.45. The Hall–Kier alpha value is -0.450. The molecular formula is C21H32O4. The van der Waals surface area contributed by atoms with Gasteiger partial charge in [0.05, 0.1) is 13.2 Å². The van der Waals surface area contributed by atoms with E-state index >= 15 is 0 Å². The van der Waals surface area contributed by atoms with E-state index in [2.05, 4.69) is 13.8 Å². The Morgan fingerprint density at radius 1 is 1.00 bits per heavy atom. The molecule has 5 rings (SSSR count). The van der Waals surface area contributed by atoms with Gasteiger partial charge < -0.3 is 14.6 Å². The smallest absolute Gasteiger partial charge is 0.168 e. The molecule has 4 aliphatic carbocycles. The lowest BCUT2D eigenvalue weighted by Gasteiger charge is -2.61. The van der Waals surface area contributed by atoms with Gasteiger partial charge in [-0.25, -0.2) is 0 Å². The van der Waals surface area contributed by atoms with Gasteiger partial charge in [0.1, 0.15) is 6.10 Å². The third-order valence-electron chi connectivity index (χ3n) is 9.21. The molecule has 0 amide bonds. The van der Waals surface area contributed by atoms with Gasteiger partial charge in [0.25, 0.3) is 0 Å². The van der Waals surface area contributed by atoms with Gasteiger partial charge in [-0.1, -0.05) is 13.8 Å². The summed E-state index contributed by atoms with van der Waals surface area (Å²) in [6.07, 6.45) is 7.79. The normalized spacial score (nSPS) is 54.2. The molecule has 0 aromatic rings. The molecule has 4 saturated carbocycles. The molecular weight excluding hydrogens is 316 g/mol. The molecule has 5 aliphatic rings. The molecule has 1 aliphatic heterocycles. The summed E-state index contributed by atoms with van der Waals surface area (Å²) in [4.78, 5) is 12.6. The summed E-state index contributed by atoms with van der Waals surface area (Å²) in [7, 11) is 0. The molecule has 1 saturated heterocycles. The number of ketones is 1. The maximum absolute atomic E-state index is 12.6. The summed E-state index contributed by atoms with van der Waals surface area (Å²) in [6.45, 7) is 6.13. The van der Waals surface area contributed by atoms with Crippen LogP contribution >= 0.6 is 0 Å². The van der Waals surface area contributed by atoms with Crippen molar-refractivity contribution in [3.05, 3.63) is 0 Å². The van der Waals surface area contributed by atoms with Crippen molar-refractivity contribution in [1.82, 2.24) is 0 Å². The number of aliphatic hydroxyl groups is 1. The third-order valence-corrected chi connectivity index (χ3v) is 9.21. The van der Waals surface area contributed by atoms with Crippen molar-refractivity contribution >= 4 is 5.78 Å². The van der Waals surface area contributed by atoms with Crippen LogP contribution in [0.2, 0.25) is 0 Å². The topological polar surface area (TPSA) is 55.8 Å². The zero-order chi connectivity index (χ0) is 17.4. The first-order chi connectivity index (χ1) is 11.9. The van der Waals surface area contributed by atoms with Crippen molar-refractivity contribution < 1.29 is 19.4 Å². The number of ether oxygens (including phenoxy) is 2. The van der Waals surface area contributed by atoms with E-state index in [1.807, 2.05) is 0 Å². The summed E-state index contributed by atoms with van der Waals surface area (Å²) in [5.41, 5.74) is 0.0821. The van der Waals surface area contributed by atoms with Crippen molar-refractivity contribution in [3.8, 4) is 0 Å². The second-order valence-electron chi connectivity index (χ2n) is 10.0. The second-order valence-corrected chi connectivity index (χ2v) is 10.0. The van der Waals surface area contributed by atoms with Gasteiger partial charge in [-0.15, -0.1) is 0 Å². The highest BCUT2D eigenvalue weighted by molar-refractivity contribution is 5.91. The van der Waals surface area contributed by atoms with Gasteiger partial charge in [0, 0.05) is 18.3 Å². The van der Waals surface area contributed by atoms with Gasteiger partial charge >= 0.3 is 0 Å². The van der Waals surface area contributed by atoms with Crippen molar-refractivity contribution in [2.75, 3.05) is 13.2 Å². The van der Waals surface area contributed by atoms with Gasteiger partial charge in [-0.2, -0.15) is 0 Å². The minimum absolute atomic E-state index is 0.124. The fourth-order valence-electron chi connectivity index (χ4n) is 7.75. The van der Waals surface area contributed by atoms with E-state index in [0.29, 0.717) is 35.5 Å². The van der Waals surface area contributed by atoms with Gasteiger partial charge in [0.15, 0.2) is 11.6 Å². The van der Waals surface area contributed by atoms with Crippen LogP contribution in [0.1, 0.15) is 65.2 Å². The van der Waals surface area contributed by atoms with E-state index in [4.69, 9.17) is 9.47 Å². The quantitative estimate of drug-likeness (QED) is 0.730. The molecule has 1 heterocycles. The monoisotopic (exact) mass is 348 g/mol. The van der Waals surface area contributed by atoms with Crippen molar-refractivity contribution in [3.63, 3.8) is 0 Å². The first-order valence-corrected chi connectivity index (χ1v) is 10.4. The minimum Gasteiger partial charge on any atom is -0.385 e. The van der Waals surface area contributed by atoms with Crippen molar-refractivity contribution in [1.29, 1.82) is 0 Å². The zero-order valence-electron chi connectivity index (χ0n) is 15.6. The standard InChI is InChI=1S/C21H32O4/c1-19-7-8-21(24-9-10-25-21)12-13(19)3-4-14-15(19)5-6-20(2)16(14)11-17(22)18(20)23/h13-17,22H,3-12H2,1-2H3. The number of hydrogen-bond acceptors (Lipinski definition) is 4. The van der Waals surface area contributed by atoms with Crippen LogP contribution < -0.4 is 0 Å². The first-order valence-electron chi connectivity index (χ1n) is 10.4. The van der Waals surface area contributed by atoms with Crippen LogP contribution in [0.25, 0.3) is 0 Å². The van der Waals surface area contributed by atoms with Crippen LogP contribution in [0, 0.1) is 34.5 Å². The Bertz CT molecular complexity index is 582. The molecule has 140 valence electrons. The fraction of sp³-hybridized carbons (Fsp3) is 0.952. The summed E-state index contributed by atoms with van der Waals surface area (Å²) < 4.78 is 12.1. The maximum atomic E-state index is 12.6. The highest BCUT2D eigenvalue weighted by atomic mass is 16.7. The summed E-state index contributed by atoms with van der Waals surface area (Å²) in [6, 6.07) is 0. The fourth-order valence-corrected chi connectivity index (χ4v) is 7.75. The third kappa shape index (κ3) is 2.14. The summed E-state index contributed by atoms with van der Waals surface area (Å²) >= 11 is 0. The Labute approximate surface area is 150 Å². The molecule has 0 bridgehead atoms. The number of Topliss-reactive ketones (excluding diaryl/α,β-unsaturated/α-hetero) is 1. The predicted octanol–water partition coefficient (Wildman–Crippen LogP) is 3.31. The van der Waals surface area contributed by atoms with E-state index in [9.17, 15) is 9.90 Å². The molecule has 5 fully saturated rings. The molecule has 0 aromatic carbocycles. The lowest BCUT2D eigenvalue weighted by Crippen LogP contribution is -2.56. The van der Waals surface area contributed by atoms with Crippen LogP contribution in [0.4, 0.5) is 0 Å². The molecule has 1 N–H and O–H groups in total. The van der Waals surface area contributed by atoms with E-state index in [0.717, 1.165) is 38.9 Å². The molecule has 4 nitrogen and oxygen atoms in total. The van der Waals surface area contributed by atoms with Gasteiger partial charge in [-0.3, -0.25) is 4.79 Å². The number of rotatable bonds is 0. The van der Waals surface area contributed by atoms with E-state index in [1.165, 1.54) is 19.3 Å². The number of hydrogen-bond donors (Lipinski definition) is 1. The Kier molecular flexibility index (Phi) is 3.54. The number of aliphatic hydroxyl groups excluding tert-OH is 1. The molecule has 1 spiro atoms. The number of fused-ring (bicyclic) bond motifs is 5. The molecule has 7 unspecified atom stereocenters. The summed E-state index contributed by atoms with van der Waals surface area (Å²) in [5.74, 6) is 2.20. The largest absolute Gasteiger partial charge is 0.385 e. The maximum Gasteiger partial charge on any atom is 0.168 e. The Morgan fingerprint density at radius 3 is 2.52 bits per heavy atom. The average Bonchev–Trinajstić information content (AvgIpc) is 3.13. The van der Waals surface area contributed by atoms with Crippen molar-refractivity contribution in [2.45, 2.75) is 77.1 Å². The van der Waals surface area contributed by atoms with E-state index in [1.54, 1.807) is 0 Å². The average molecular weight is 348 g/mol. The first kappa shape index (κ1) is 16.7. The Morgan fingerprint density at radius 2 is 1.76 bits per heavy atom. The van der Waals surface area contributed by atoms with Crippen molar-refractivity contribution in [2.24, 2.45) is 34.5 Å². The highest BCUT2D eigenvalue weighted by Gasteiger charge is 2.63. The molecule has 25 heavy (non-hydrogen) atoms. The van der Waals surface area contributed by atoms with E-state index in [-0.39, 0.29) is 17.0 Å². The molecule has 0 aromatic heterocycles. The van der Waals surface area contributed by atoms with Crippen LogP contribution in [0.3, 0.4) is 0 Å². The van der Waals surface area contributed by atoms with Crippen LogP contribution in [0.5, 0.6) is 0 Å². The zero-order valence-corrected chi connectivity index (χ0v) is 15.6. The lowest BCUT2D eigenvalue weighted by molar-refractivity contribution is -0.228. The van der Waals surface area contributed by atoms with E-state index < -0.39 is 6.10 Å². The molecule has 7 atom stereocenters. The number of carbonyl (C=O) groups is 1. The van der Waals surface area contributed by atoms with Crippen LogP contribution in [-0.2, 0) is 14.3 Å². The second kappa shape index (κ2) is 5.30. The summed E-state index contributed by atoms with van der Waals surface area (Å²) in [5, 5.41) is 10.2. The predicted molar refractivity (Wildman–Crippen MR) is 92.8 cm³/mol. The molecule has 0 radical (unpaired) electrons.